The van der Waals surface area contributed by atoms with E-state index in [1.807, 2.05) is 11.3 Å². The Morgan fingerprint density at radius 1 is 1.47 bits per heavy atom. The van der Waals surface area contributed by atoms with E-state index >= 15 is 0 Å². The molecule has 0 radical (unpaired) electrons. The highest BCUT2D eigenvalue weighted by molar-refractivity contribution is 7.09. The summed E-state index contributed by atoms with van der Waals surface area (Å²) >= 11 is 1.82. The second-order valence-electron chi connectivity index (χ2n) is 4.52. The van der Waals surface area contributed by atoms with Gasteiger partial charge in [0.1, 0.15) is 0 Å². The average molecular weight is 254 g/mol. The fourth-order valence-corrected chi connectivity index (χ4v) is 2.65. The maximum absolute atomic E-state index is 5.16. The molecule has 0 aromatic carbocycles. The molecule has 1 fully saturated rings. The Bertz CT molecular complexity index is 298. The van der Waals surface area contributed by atoms with Crippen molar-refractivity contribution >= 4 is 11.3 Å². The second kappa shape index (κ2) is 7.11. The lowest BCUT2D eigenvalue weighted by molar-refractivity contribution is 0.144. The molecule has 96 valence electrons. The maximum atomic E-state index is 5.16. The van der Waals surface area contributed by atoms with Crippen LogP contribution < -0.4 is 5.32 Å². The Labute approximate surface area is 108 Å². The molecule has 0 spiro atoms. The van der Waals surface area contributed by atoms with Crippen molar-refractivity contribution in [2.45, 2.75) is 25.4 Å². The van der Waals surface area contributed by atoms with Crippen molar-refractivity contribution in [2.75, 3.05) is 33.4 Å². The smallest absolute Gasteiger partial charge is 0.0589 e. The summed E-state index contributed by atoms with van der Waals surface area (Å²) in [6.45, 7) is 5.13. The van der Waals surface area contributed by atoms with Crippen LogP contribution >= 0.6 is 11.3 Å². The summed E-state index contributed by atoms with van der Waals surface area (Å²) in [6, 6.07) is 5.12. The van der Waals surface area contributed by atoms with Crippen LogP contribution in [0.3, 0.4) is 0 Å². The molecule has 2 rings (SSSR count). The van der Waals surface area contributed by atoms with Gasteiger partial charge < -0.3 is 10.1 Å². The molecular formula is C13H22N2OS. The van der Waals surface area contributed by atoms with Crippen LogP contribution in [0.15, 0.2) is 17.5 Å². The summed E-state index contributed by atoms with van der Waals surface area (Å²) in [4.78, 5) is 3.96. The minimum Gasteiger partial charge on any atom is -0.383 e. The second-order valence-corrected chi connectivity index (χ2v) is 5.55. The summed E-state index contributed by atoms with van der Waals surface area (Å²) in [6.07, 6.45) is 2.74. The van der Waals surface area contributed by atoms with Crippen molar-refractivity contribution in [1.29, 1.82) is 0 Å². The third kappa shape index (κ3) is 4.76. The highest BCUT2D eigenvalue weighted by atomic mass is 32.1. The fourth-order valence-electron chi connectivity index (χ4n) is 1.97. The summed E-state index contributed by atoms with van der Waals surface area (Å²) < 4.78 is 5.16. The lowest BCUT2D eigenvalue weighted by atomic mass is 10.4. The van der Waals surface area contributed by atoms with Crippen LogP contribution in [0.25, 0.3) is 0 Å². The summed E-state index contributed by atoms with van der Waals surface area (Å²) in [7, 11) is 1.78. The van der Waals surface area contributed by atoms with E-state index in [2.05, 4.69) is 27.7 Å². The van der Waals surface area contributed by atoms with Gasteiger partial charge in [0.15, 0.2) is 0 Å². The molecule has 1 heterocycles. The van der Waals surface area contributed by atoms with Gasteiger partial charge in [-0.3, -0.25) is 4.90 Å². The van der Waals surface area contributed by atoms with E-state index in [4.69, 9.17) is 4.74 Å². The number of nitrogens with zero attached hydrogens (tertiary/aromatic N) is 1. The molecule has 1 aromatic heterocycles. The summed E-state index contributed by atoms with van der Waals surface area (Å²) in [5, 5.41) is 5.64. The molecule has 0 atom stereocenters. The third-order valence-corrected chi connectivity index (χ3v) is 3.98. The van der Waals surface area contributed by atoms with Crippen molar-refractivity contribution in [3.8, 4) is 0 Å². The number of methoxy groups -OCH3 is 1. The molecule has 0 amide bonds. The van der Waals surface area contributed by atoms with Gasteiger partial charge in [0, 0.05) is 44.2 Å². The minimum absolute atomic E-state index is 0.827. The SMILES string of the molecule is COCCN(CCNCc1cccs1)C1CC1. The van der Waals surface area contributed by atoms with Crippen molar-refractivity contribution < 1.29 is 4.74 Å². The number of hydrogen-bond donors (Lipinski definition) is 1. The zero-order valence-electron chi connectivity index (χ0n) is 10.5. The monoisotopic (exact) mass is 254 g/mol. The molecule has 4 heteroatoms. The first-order valence-electron chi connectivity index (χ1n) is 6.36. The largest absolute Gasteiger partial charge is 0.383 e. The topological polar surface area (TPSA) is 24.5 Å². The zero-order valence-corrected chi connectivity index (χ0v) is 11.3. The molecule has 1 saturated carbocycles. The van der Waals surface area contributed by atoms with Crippen molar-refractivity contribution in [2.24, 2.45) is 0 Å². The number of hydrogen-bond acceptors (Lipinski definition) is 4. The molecule has 3 nitrogen and oxygen atoms in total. The molecular weight excluding hydrogens is 232 g/mol. The van der Waals surface area contributed by atoms with Crippen LogP contribution in [0, 0.1) is 0 Å². The predicted octanol–water partition coefficient (Wildman–Crippen LogP) is 1.95. The van der Waals surface area contributed by atoms with E-state index in [1.54, 1.807) is 7.11 Å². The lowest BCUT2D eigenvalue weighted by Gasteiger charge is -2.21. The van der Waals surface area contributed by atoms with Crippen LogP contribution in [-0.2, 0) is 11.3 Å². The predicted molar refractivity (Wildman–Crippen MR) is 72.5 cm³/mol. The Morgan fingerprint density at radius 2 is 2.35 bits per heavy atom. The molecule has 1 aliphatic rings. The summed E-state index contributed by atoms with van der Waals surface area (Å²) in [5.74, 6) is 0. The normalized spacial score (nSPS) is 15.6. The van der Waals surface area contributed by atoms with Gasteiger partial charge in [-0.05, 0) is 24.3 Å². The average Bonchev–Trinajstić information content (AvgIpc) is 3.05. The quantitative estimate of drug-likeness (QED) is 0.682. The Morgan fingerprint density at radius 3 is 3.00 bits per heavy atom. The van der Waals surface area contributed by atoms with E-state index in [0.29, 0.717) is 0 Å². The van der Waals surface area contributed by atoms with Crippen LogP contribution in [0.1, 0.15) is 17.7 Å². The molecule has 0 saturated heterocycles. The van der Waals surface area contributed by atoms with Crippen LogP contribution in [0.2, 0.25) is 0 Å². The number of rotatable bonds is 9. The highest BCUT2D eigenvalue weighted by Crippen LogP contribution is 2.25. The molecule has 1 aromatic rings. The van der Waals surface area contributed by atoms with Gasteiger partial charge in [-0.2, -0.15) is 0 Å². The maximum Gasteiger partial charge on any atom is 0.0589 e. The van der Waals surface area contributed by atoms with Crippen molar-refractivity contribution in [3.05, 3.63) is 22.4 Å². The van der Waals surface area contributed by atoms with E-state index in [0.717, 1.165) is 38.8 Å². The summed E-state index contributed by atoms with van der Waals surface area (Å²) in [5.41, 5.74) is 0. The van der Waals surface area contributed by atoms with E-state index in [9.17, 15) is 0 Å². The van der Waals surface area contributed by atoms with Crippen LogP contribution in [0.5, 0.6) is 0 Å². The first kappa shape index (κ1) is 13.0. The Kier molecular flexibility index (Phi) is 5.45. The van der Waals surface area contributed by atoms with Gasteiger partial charge in [-0.15, -0.1) is 11.3 Å². The number of ether oxygens (including phenoxy) is 1. The van der Waals surface area contributed by atoms with E-state index in [1.165, 1.54) is 17.7 Å². The first-order chi connectivity index (χ1) is 8.40. The number of nitrogens with one attached hydrogen (secondary N) is 1. The van der Waals surface area contributed by atoms with E-state index < -0.39 is 0 Å². The van der Waals surface area contributed by atoms with Gasteiger partial charge >= 0.3 is 0 Å². The zero-order chi connectivity index (χ0) is 11.9. The van der Waals surface area contributed by atoms with Gasteiger partial charge in [0.25, 0.3) is 0 Å². The van der Waals surface area contributed by atoms with Crippen LogP contribution in [0.4, 0.5) is 0 Å². The first-order valence-corrected chi connectivity index (χ1v) is 7.24. The molecule has 17 heavy (non-hydrogen) atoms. The number of thiophene rings is 1. The molecule has 0 bridgehead atoms. The standard InChI is InChI=1S/C13H22N2OS/c1-16-9-8-15(12-4-5-12)7-6-14-11-13-3-2-10-17-13/h2-3,10,12,14H,4-9,11H2,1H3. The fraction of sp³-hybridized carbons (Fsp3) is 0.692. The van der Waals surface area contributed by atoms with Gasteiger partial charge in [-0.1, -0.05) is 6.07 Å². The third-order valence-electron chi connectivity index (χ3n) is 3.10. The van der Waals surface area contributed by atoms with Crippen molar-refractivity contribution in [3.63, 3.8) is 0 Å². The molecule has 1 N–H and O–H groups in total. The molecule has 0 unspecified atom stereocenters. The van der Waals surface area contributed by atoms with Crippen molar-refractivity contribution in [1.82, 2.24) is 10.2 Å². The Balaban J connectivity index is 1.58. The lowest BCUT2D eigenvalue weighted by Crippen LogP contribution is -2.35. The van der Waals surface area contributed by atoms with Gasteiger partial charge in [0.2, 0.25) is 0 Å². The van der Waals surface area contributed by atoms with Crippen LogP contribution in [-0.4, -0.2) is 44.3 Å². The Hall–Kier alpha value is -0.420. The molecule has 1 aliphatic carbocycles. The van der Waals surface area contributed by atoms with Gasteiger partial charge in [-0.25, -0.2) is 0 Å². The minimum atomic E-state index is 0.827. The van der Waals surface area contributed by atoms with Gasteiger partial charge in [0.05, 0.1) is 6.61 Å². The highest BCUT2D eigenvalue weighted by Gasteiger charge is 2.27. The van der Waals surface area contributed by atoms with E-state index in [-0.39, 0.29) is 0 Å². The molecule has 0 aliphatic heterocycles.